The van der Waals surface area contributed by atoms with Gasteiger partial charge in [0.15, 0.2) is 0 Å². The lowest BCUT2D eigenvalue weighted by Gasteiger charge is -2.36. The van der Waals surface area contributed by atoms with Crippen LogP contribution in [0.1, 0.15) is 18.2 Å². The van der Waals surface area contributed by atoms with Crippen LogP contribution in [0.25, 0.3) is 0 Å². The van der Waals surface area contributed by atoms with Crippen LogP contribution in [0.15, 0.2) is 54.7 Å². The molecule has 1 saturated heterocycles. The van der Waals surface area contributed by atoms with E-state index in [1.807, 2.05) is 18.3 Å². The molecule has 0 saturated carbocycles. The van der Waals surface area contributed by atoms with Crippen LogP contribution in [-0.2, 0) is 17.7 Å². The molecule has 4 heteroatoms. The second-order valence-corrected chi connectivity index (χ2v) is 6.44. The van der Waals surface area contributed by atoms with Crippen molar-refractivity contribution >= 4 is 0 Å². The van der Waals surface area contributed by atoms with Gasteiger partial charge >= 0.3 is 0 Å². The zero-order chi connectivity index (χ0) is 16.6. The third-order valence-corrected chi connectivity index (χ3v) is 4.56. The molecule has 128 valence electrons. The lowest BCUT2D eigenvalue weighted by Crippen LogP contribution is -2.51. The van der Waals surface area contributed by atoms with E-state index in [9.17, 15) is 0 Å². The Hall–Kier alpha value is -1.75. The van der Waals surface area contributed by atoms with E-state index in [0.717, 1.165) is 44.9 Å². The minimum atomic E-state index is 0.242. The number of aromatic nitrogens is 1. The molecule has 2 unspecified atom stereocenters. The summed E-state index contributed by atoms with van der Waals surface area (Å²) in [7, 11) is 0. The molecule has 0 bridgehead atoms. The van der Waals surface area contributed by atoms with Crippen LogP contribution in [0.3, 0.4) is 0 Å². The highest BCUT2D eigenvalue weighted by atomic mass is 16.5. The van der Waals surface area contributed by atoms with Gasteiger partial charge in [-0.1, -0.05) is 36.4 Å². The first-order valence-corrected chi connectivity index (χ1v) is 8.82. The van der Waals surface area contributed by atoms with Crippen molar-refractivity contribution in [1.29, 1.82) is 0 Å². The highest BCUT2D eigenvalue weighted by Crippen LogP contribution is 2.12. The van der Waals surface area contributed by atoms with Gasteiger partial charge in [0.05, 0.1) is 12.7 Å². The zero-order valence-corrected chi connectivity index (χ0v) is 14.4. The van der Waals surface area contributed by atoms with E-state index in [-0.39, 0.29) is 6.10 Å². The average molecular weight is 325 g/mol. The molecule has 1 fully saturated rings. The molecule has 0 aliphatic carbocycles. The van der Waals surface area contributed by atoms with E-state index in [2.05, 4.69) is 58.5 Å². The smallest absolute Gasteiger partial charge is 0.0852 e. The maximum absolute atomic E-state index is 5.99. The summed E-state index contributed by atoms with van der Waals surface area (Å²) < 4.78 is 5.99. The number of pyridine rings is 1. The molecule has 3 rings (SSSR count). The fourth-order valence-corrected chi connectivity index (χ4v) is 3.12. The van der Waals surface area contributed by atoms with Gasteiger partial charge in [0, 0.05) is 50.5 Å². The first kappa shape index (κ1) is 17.1. The second-order valence-electron chi connectivity index (χ2n) is 6.44. The Morgan fingerprint density at radius 3 is 2.83 bits per heavy atom. The van der Waals surface area contributed by atoms with Gasteiger partial charge in [0.1, 0.15) is 0 Å². The quantitative estimate of drug-likeness (QED) is 0.849. The summed E-state index contributed by atoms with van der Waals surface area (Å²) >= 11 is 0. The fraction of sp³-hybridized carbons (Fsp3) is 0.450. The van der Waals surface area contributed by atoms with Crippen LogP contribution in [0.2, 0.25) is 0 Å². The van der Waals surface area contributed by atoms with Gasteiger partial charge in [-0.25, -0.2) is 0 Å². The van der Waals surface area contributed by atoms with Gasteiger partial charge in [-0.2, -0.15) is 0 Å². The summed E-state index contributed by atoms with van der Waals surface area (Å²) in [6.45, 7) is 6.94. The van der Waals surface area contributed by atoms with Crippen LogP contribution < -0.4 is 5.32 Å². The minimum absolute atomic E-state index is 0.242. The summed E-state index contributed by atoms with van der Waals surface area (Å²) in [4.78, 5) is 6.85. The number of hydrogen-bond acceptors (Lipinski definition) is 4. The Balaban J connectivity index is 1.43. The van der Waals surface area contributed by atoms with Crippen molar-refractivity contribution in [2.45, 2.75) is 32.0 Å². The second kappa shape index (κ2) is 8.92. The van der Waals surface area contributed by atoms with Crippen molar-refractivity contribution in [1.82, 2.24) is 15.2 Å². The Labute approximate surface area is 144 Å². The molecule has 1 aliphatic heterocycles. The van der Waals surface area contributed by atoms with Gasteiger partial charge in [-0.05, 0) is 24.6 Å². The van der Waals surface area contributed by atoms with E-state index >= 15 is 0 Å². The maximum Gasteiger partial charge on any atom is 0.0852 e. The van der Waals surface area contributed by atoms with Crippen molar-refractivity contribution in [2.24, 2.45) is 0 Å². The SMILES string of the molecule is CC(NCCc1ccccn1)C1CN(Cc2ccccc2)CCO1. The number of nitrogens with zero attached hydrogens (tertiary/aromatic N) is 2. The largest absolute Gasteiger partial charge is 0.374 e. The third-order valence-electron chi connectivity index (χ3n) is 4.56. The standard InChI is InChI=1S/C20H27N3O/c1-17(21-12-10-19-9-5-6-11-22-19)20-16-23(13-14-24-20)15-18-7-3-2-4-8-18/h2-9,11,17,20-21H,10,12-16H2,1H3. The van der Waals surface area contributed by atoms with E-state index in [1.165, 1.54) is 5.56 Å². The highest BCUT2D eigenvalue weighted by molar-refractivity contribution is 5.14. The van der Waals surface area contributed by atoms with Gasteiger partial charge in [0.25, 0.3) is 0 Å². The Morgan fingerprint density at radius 2 is 2.04 bits per heavy atom. The third kappa shape index (κ3) is 5.13. The molecule has 1 aliphatic rings. The molecule has 0 radical (unpaired) electrons. The number of benzene rings is 1. The van der Waals surface area contributed by atoms with Crippen molar-refractivity contribution in [2.75, 3.05) is 26.2 Å². The number of nitrogens with one attached hydrogen (secondary N) is 1. The first-order valence-electron chi connectivity index (χ1n) is 8.82. The van der Waals surface area contributed by atoms with Crippen molar-refractivity contribution in [3.05, 3.63) is 66.0 Å². The molecule has 1 aromatic carbocycles. The number of ether oxygens (including phenoxy) is 1. The number of rotatable bonds is 7. The van der Waals surface area contributed by atoms with Crippen LogP contribution in [0.5, 0.6) is 0 Å². The summed E-state index contributed by atoms with van der Waals surface area (Å²) in [6.07, 6.45) is 3.04. The summed E-state index contributed by atoms with van der Waals surface area (Å²) in [5.74, 6) is 0. The Kier molecular flexibility index (Phi) is 6.35. The van der Waals surface area contributed by atoms with Crippen LogP contribution >= 0.6 is 0 Å². The lowest BCUT2D eigenvalue weighted by atomic mass is 10.1. The predicted octanol–water partition coefficient (Wildman–Crippen LogP) is 2.50. The van der Waals surface area contributed by atoms with E-state index < -0.39 is 0 Å². The molecular formula is C20H27N3O. The van der Waals surface area contributed by atoms with Gasteiger partial charge < -0.3 is 10.1 Å². The van der Waals surface area contributed by atoms with Crippen LogP contribution in [0, 0.1) is 0 Å². The summed E-state index contributed by atoms with van der Waals surface area (Å²) in [5, 5.41) is 3.59. The van der Waals surface area contributed by atoms with Gasteiger partial charge in [-0.15, -0.1) is 0 Å². The molecule has 0 spiro atoms. The molecule has 4 nitrogen and oxygen atoms in total. The topological polar surface area (TPSA) is 37.4 Å². The van der Waals surface area contributed by atoms with Crippen molar-refractivity contribution in [3.8, 4) is 0 Å². The lowest BCUT2D eigenvalue weighted by molar-refractivity contribution is -0.0459. The predicted molar refractivity (Wildman–Crippen MR) is 96.9 cm³/mol. The van der Waals surface area contributed by atoms with Gasteiger partial charge in [-0.3, -0.25) is 9.88 Å². The summed E-state index contributed by atoms with van der Waals surface area (Å²) in [6, 6.07) is 17.1. The molecule has 2 heterocycles. The van der Waals surface area contributed by atoms with Crippen molar-refractivity contribution < 1.29 is 4.74 Å². The maximum atomic E-state index is 5.99. The van der Waals surface area contributed by atoms with Crippen LogP contribution in [-0.4, -0.2) is 48.3 Å². The molecule has 2 aromatic rings. The molecule has 1 N–H and O–H groups in total. The van der Waals surface area contributed by atoms with E-state index in [0.29, 0.717) is 6.04 Å². The van der Waals surface area contributed by atoms with Gasteiger partial charge in [0.2, 0.25) is 0 Å². The summed E-state index contributed by atoms with van der Waals surface area (Å²) in [5.41, 5.74) is 2.50. The molecule has 2 atom stereocenters. The van der Waals surface area contributed by atoms with Crippen LogP contribution in [0.4, 0.5) is 0 Å². The molecule has 24 heavy (non-hydrogen) atoms. The van der Waals surface area contributed by atoms with E-state index in [1.54, 1.807) is 0 Å². The monoisotopic (exact) mass is 325 g/mol. The highest BCUT2D eigenvalue weighted by Gasteiger charge is 2.25. The minimum Gasteiger partial charge on any atom is -0.374 e. The molecular weight excluding hydrogens is 298 g/mol. The Morgan fingerprint density at radius 1 is 1.21 bits per heavy atom. The number of morpholine rings is 1. The van der Waals surface area contributed by atoms with E-state index in [4.69, 9.17) is 4.74 Å². The Bertz CT molecular complexity index is 590. The normalized spacial score (nSPS) is 20.0. The number of hydrogen-bond donors (Lipinski definition) is 1. The molecule has 1 aromatic heterocycles. The zero-order valence-electron chi connectivity index (χ0n) is 14.4. The molecule has 0 amide bonds. The average Bonchev–Trinajstić information content (AvgIpc) is 2.64. The fourth-order valence-electron chi connectivity index (χ4n) is 3.12. The van der Waals surface area contributed by atoms with Crippen molar-refractivity contribution in [3.63, 3.8) is 0 Å². The first-order chi connectivity index (χ1) is 11.8.